The van der Waals surface area contributed by atoms with E-state index in [0.29, 0.717) is 37.6 Å². The van der Waals surface area contributed by atoms with Gasteiger partial charge in [0.2, 0.25) is 0 Å². The van der Waals surface area contributed by atoms with Gasteiger partial charge in [-0.2, -0.15) is 15.1 Å². The Morgan fingerprint density at radius 3 is 2.58 bits per heavy atom. The lowest BCUT2D eigenvalue weighted by molar-refractivity contribution is 0.0317. The Morgan fingerprint density at radius 2 is 1.73 bits per heavy atom. The molecule has 2 aliphatic heterocycles. The predicted octanol–water partition coefficient (Wildman–Crippen LogP) is 2.78. The molecular formula is C24H38N6O3. The van der Waals surface area contributed by atoms with E-state index in [9.17, 15) is 0 Å². The molecule has 2 saturated carbocycles. The van der Waals surface area contributed by atoms with Crippen LogP contribution in [0, 0.1) is 11.8 Å². The minimum atomic E-state index is 0.411. The average Bonchev–Trinajstić information content (AvgIpc) is 2.88. The fourth-order valence-corrected chi connectivity index (χ4v) is 5.57. The van der Waals surface area contributed by atoms with Crippen molar-refractivity contribution in [3.8, 4) is 6.01 Å². The van der Waals surface area contributed by atoms with Crippen molar-refractivity contribution >= 4 is 17.3 Å². The van der Waals surface area contributed by atoms with Crippen molar-refractivity contribution < 1.29 is 14.2 Å². The van der Waals surface area contributed by atoms with Crippen LogP contribution in [0.5, 0.6) is 6.01 Å². The Bertz CT molecular complexity index is 792. The summed E-state index contributed by atoms with van der Waals surface area (Å²) in [6, 6.07) is 2.40. The summed E-state index contributed by atoms with van der Waals surface area (Å²) < 4.78 is 17.0. The maximum absolute atomic E-state index is 6.01. The van der Waals surface area contributed by atoms with Gasteiger partial charge in [-0.15, -0.1) is 0 Å². The number of nitrogens with zero attached hydrogens (tertiary/aromatic N) is 5. The SMILES string of the molecule is c1c(NN=C2CCCC3CCCCC23)nc(OCCN2CCOCC2)nc1N1CCOCC1. The molecule has 2 saturated heterocycles. The lowest BCUT2D eigenvalue weighted by Gasteiger charge is -2.36. The molecule has 2 aliphatic carbocycles. The van der Waals surface area contributed by atoms with E-state index in [1.54, 1.807) is 0 Å². The average molecular weight is 459 g/mol. The highest BCUT2D eigenvalue weighted by atomic mass is 16.5. The summed E-state index contributed by atoms with van der Waals surface area (Å²) in [4.78, 5) is 13.9. The number of hydrazone groups is 1. The van der Waals surface area contributed by atoms with Gasteiger partial charge in [0.1, 0.15) is 12.4 Å². The quantitative estimate of drug-likeness (QED) is 0.625. The molecule has 0 aromatic carbocycles. The molecule has 1 aromatic rings. The van der Waals surface area contributed by atoms with E-state index < -0.39 is 0 Å². The van der Waals surface area contributed by atoms with Gasteiger partial charge in [-0.05, 0) is 38.0 Å². The lowest BCUT2D eigenvalue weighted by atomic mass is 9.70. The van der Waals surface area contributed by atoms with Crippen molar-refractivity contribution in [3.63, 3.8) is 0 Å². The predicted molar refractivity (Wildman–Crippen MR) is 128 cm³/mol. The highest BCUT2D eigenvalue weighted by Crippen LogP contribution is 2.39. The fraction of sp³-hybridized carbons (Fsp3) is 0.792. The van der Waals surface area contributed by atoms with Crippen molar-refractivity contribution in [3.05, 3.63) is 6.07 Å². The smallest absolute Gasteiger partial charge is 0.320 e. The first-order valence-corrected chi connectivity index (χ1v) is 12.8. The van der Waals surface area contributed by atoms with Gasteiger partial charge in [0.25, 0.3) is 0 Å². The van der Waals surface area contributed by atoms with Crippen LogP contribution in [0.4, 0.5) is 11.6 Å². The molecule has 0 bridgehead atoms. The Hall–Kier alpha value is -1.97. The van der Waals surface area contributed by atoms with Gasteiger partial charge in [-0.25, -0.2) is 0 Å². The zero-order valence-corrected chi connectivity index (χ0v) is 19.7. The lowest BCUT2D eigenvalue weighted by Crippen LogP contribution is -2.39. The summed E-state index contributed by atoms with van der Waals surface area (Å²) >= 11 is 0. The van der Waals surface area contributed by atoms with Crippen LogP contribution >= 0.6 is 0 Å². The second kappa shape index (κ2) is 11.4. The molecule has 0 amide bonds. The molecule has 9 nitrogen and oxygen atoms in total. The Balaban J connectivity index is 1.28. The van der Waals surface area contributed by atoms with E-state index in [2.05, 4.69) is 20.2 Å². The van der Waals surface area contributed by atoms with Crippen LogP contribution in [0.15, 0.2) is 11.2 Å². The van der Waals surface area contributed by atoms with Gasteiger partial charge in [0.15, 0.2) is 5.82 Å². The molecule has 3 heterocycles. The topological polar surface area (TPSA) is 84.3 Å². The zero-order chi connectivity index (χ0) is 22.3. The molecule has 0 spiro atoms. The van der Waals surface area contributed by atoms with E-state index in [0.717, 1.165) is 64.1 Å². The summed E-state index contributed by atoms with van der Waals surface area (Å²) in [7, 11) is 0. The van der Waals surface area contributed by atoms with Crippen molar-refractivity contribution in [1.82, 2.24) is 14.9 Å². The number of rotatable bonds is 7. The molecule has 5 rings (SSSR count). The number of aromatic nitrogens is 2. The summed E-state index contributed by atoms with van der Waals surface area (Å²) in [6.07, 6.45) is 9.06. The van der Waals surface area contributed by atoms with Crippen LogP contribution in [0.3, 0.4) is 0 Å². The van der Waals surface area contributed by atoms with Crippen LogP contribution in [-0.2, 0) is 9.47 Å². The normalized spacial score (nSPS) is 27.9. The van der Waals surface area contributed by atoms with E-state index in [-0.39, 0.29) is 0 Å². The molecule has 182 valence electrons. The zero-order valence-electron chi connectivity index (χ0n) is 19.7. The number of nitrogens with one attached hydrogen (secondary N) is 1. The van der Waals surface area contributed by atoms with Crippen LogP contribution in [0.2, 0.25) is 0 Å². The molecule has 4 fully saturated rings. The van der Waals surface area contributed by atoms with Crippen LogP contribution in [0.1, 0.15) is 44.9 Å². The highest BCUT2D eigenvalue weighted by Gasteiger charge is 2.32. The molecule has 9 heteroatoms. The van der Waals surface area contributed by atoms with E-state index in [1.807, 2.05) is 6.07 Å². The van der Waals surface area contributed by atoms with Crippen molar-refractivity contribution in [2.45, 2.75) is 44.9 Å². The number of anilines is 2. The fourth-order valence-electron chi connectivity index (χ4n) is 5.57. The summed E-state index contributed by atoms with van der Waals surface area (Å²) in [5, 5.41) is 4.87. The molecular weight excluding hydrogens is 420 g/mol. The van der Waals surface area contributed by atoms with Gasteiger partial charge in [-0.3, -0.25) is 10.3 Å². The Kier molecular flexibility index (Phi) is 7.91. The van der Waals surface area contributed by atoms with Gasteiger partial charge >= 0.3 is 6.01 Å². The van der Waals surface area contributed by atoms with Crippen LogP contribution in [0.25, 0.3) is 0 Å². The van der Waals surface area contributed by atoms with Crippen LogP contribution in [-0.4, -0.2) is 86.3 Å². The summed E-state index contributed by atoms with van der Waals surface area (Å²) in [5.41, 5.74) is 4.61. The maximum atomic E-state index is 6.01. The van der Waals surface area contributed by atoms with Crippen LogP contribution < -0.4 is 15.1 Å². The number of morpholine rings is 2. The third kappa shape index (κ3) is 6.13. The molecule has 1 N–H and O–H groups in total. The third-order valence-corrected chi connectivity index (χ3v) is 7.43. The van der Waals surface area contributed by atoms with Crippen molar-refractivity contribution in [2.24, 2.45) is 16.9 Å². The van der Waals surface area contributed by atoms with Gasteiger partial charge in [0, 0.05) is 50.4 Å². The summed E-state index contributed by atoms with van der Waals surface area (Å²) in [6.45, 7) is 7.96. The molecule has 2 atom stereocenters. The first-order valence-electron chi connectivity index (χ1n) is 12.8. The number of ether oxygens (including phenoxy) is 3. The maximum Gasteiger partial charge on any atom is 0.320 e. The first-order chi connectivity index (χ1) is 16.3. The van der Waals surface area contributed by atoms with Crippen molar-refractivity contribution in [2.75, 3.05) is 76.1 Å². The summed E-state index contributed by atoms with van der Waals surface area (Å²) in [5.74, 6) is 3.04. The molecule has 1 aromatic heterocycles. The molecule has 0 radical (unpaired) electrons. The first kappa shape index (κ1) is 22.8. The number of fused-ring (bicyclic) bond motifs is 1. The number of hydrogen-bond donors (Lipinski definition) is 1. The molecule has 2 unspecified atom stereocenters. The minimum Gasteiger partial charge on any atom is -0.462 e. The largest absolute Gasteiger partial charge is 0.462 e. The third-order valence-electron chi connectivity index (χ3n) is 7.43. The van der Waals surface area contributed by atoms with Gasteiger partial charge in [0.05, 0.1) is 26.4 Å². The second-order valence-electron chi connectivity index (χ2n) is 9.55. The van der Waals surface area contributed by atoms with E-state index >= 15 is 0 Å². The number of hydrogen-bond acceptors (Lipinski definition) is 9. The van der Waals surface area contributed by atoms with Gasteiger partial charge < -0.3 is 19.1 Å². The van der Waals surface area contributed by atoms with Crippen molar-refractivity contribution in [1.29, 1.82) is 0 Å². The monoisotopic (exact) mass is 458 g/mol. The minimum absolute atomic E-state index is 0.411. The van der Waals surface area contributed by atoms with E-state index in [4.69, 9.17) is 24.3 Å². The standard InChI is InChI=1S/C24H38N6O3/c1-2-6-20-19(4-1)5-3-7-21(20)27-28-22-18-23(30-11-15-32-16-12-30)26-24(25-22)33-17-10-29-8-13-31-14-9-29/h18-20H,1-17H2,(H,25,26,28). The highest BCUT2D eigenvalue weighted by molar-refractivity contribution is 5.88. The Morgan fingerprint density at radius 1 is 0.970 bits per heavy atom. The Labute approximate surface area is 196 Å². The molecule has 33 heavy (non-hydrogen) atoms. The van der Waals surface area contributed by atoms with E-state index in [1.165, 1.54) is 44.2 Å². The molecule has 4 aliphatic rings. The van der Waals surface area contributed by atoms with Gasteiger partial charge in [-0.1, -0.05) is 12.8 Å². The second-order valence-corrected chi connectivity index (χ2v) is 9.55.